The van der Waals surface area contributed by atoms with Crippen LogP contribution in [0.2, 0.25) is 5.02 Å². The molecule has 0 aliphatic rings. The molecule has 2 N–H and O–H groups in total. The third-order valence-corrected chi connectivity index (χ3v) is 2.69. The number of aromatic nitrogens is 2. The summed E-state index contributed by atoms with van der Waals surface area (Å²) in [5, 5.41) is 0.216. The van der Waals surface area contributed by atoms with Gasteiger partial charge in [0.1, 0.15) is 22.9 Å². The number of rotatable bonds is 3. The summed E-state index contributed by atoms with van der Waals surface area (Å²) in [6, 6.07) is 7.57. The van der Waals surface area contributed by atoms with Gasteiger partial charge in [0, 0.05) is 25.8 Å². The first-order chi connectivity index (χ1) is 8.58. The molecule has 0 aliphatic heterocycles. The van der Waals surface area contributed by atoms with E-state index in [4.69, 9.17) is 22.1 Å². The molecule has 0 amide bonds. The molecule has 0 unspecified atom stereocenters. The lowest BCUT2D eigenvalue weighted by atomic mass is 10.3. The molecule has 0 radical (unpaired) electrons. The van der Waals surface area contributed by atoms with Gasteiger partial charge < -0.3 is 15.4 Å². The van der Waals surface area contributed by atoms with Gasteiger partial charge in [-0.15, -0.1) is 0 Å². The second-order valence-electron chi connectivity index (χ2n) is 3.87. The van der Waals surface area contributed by atoms with Crippen molar-refractivity contribution in [2.24, 2.45) is 0 Å². The molecule has 1 heterocycles. The number of nitrogen functional groups attached to an aromatic ring is 1. The fourth-order valence-electron chi connectivity index (χ4n) is 1.37. The van der Waals surface area contributed by atoms with Gasteiger partial charge in [-0.3, -0.25) is 0 Å². The van der Waals surface area contributed by atoms with E-state index in [9.17, 15) is 0 Å². The zero-order valence-electron chi connectivity index (χ0n) is 10.1. The zero-order chi connectivity index (χ0) is 13.1. The normalized spacial score (nSPS) is 10.2. The Bertz CT molecular complexity index is 560. The maximum absolute atomic E-state index is 5.96. The fraction of sp³-hybridized carbons (Fsp3) is 0.167. The first-order valence-corrected chi connectivity index (χ1v) is 5.67. The van der Waals surface area contributed by atoms with Crippen LogP contribution >= 0.6 is 11.6 Å². The molecule has 2 aromatic rings. The van der Waals surface area contributed by atoms with E-state index < -0.39 is 0 Å². The van der Waals surface area contributed by atoms with Gasteiger partial charge in [0.25, 0.3) is 0 Å². The summed E-state index contributed by atoms with van der Waals surface area (Å²) in [5.74, 6) is 1.09. The lowest BCUT2D eigenvalue weighted by Gasteiger charge is -2.14. The molecule has 0 aliphatic carbocycles. The van der Waals surface area contributed by atoms with E-state index in [1.807, 2.05) is 43.3 Å². The van der Waals surface area contributed by atoms with Gasteiger partial charge in [0.15, 0.2) is 0 Å². The number of hydrogen-bond acceptors (Lipinski definition) is 5. The van der Waals surface area contributed by atoms with Crippen molar-refractivity contribution in [2.75, 3.05) is 24.7 Å². The first-order valence-electron chi connectivity index (χ1n) is 5.29. The van der Waals surface area contributed by atoms with Crippen molar-refractivity contribution < 1.29 is 4.74 Å². The van der Waals surface area contributed by atoms with Crippen LogP contribution in [-0.2, 0) is 0 Å². The molecular formula is C12H13ClN4O. The summed E-state index contributed by atoms with van der Waals surface area (Å²) in [6.07, 6.45) is 1.31. The highest BCUT2D eigenvalue weighted by Gasteiger charge is 2.09. The van der Waals surface area contributed by atoms with Gasteiger partial charge in [0.2, 0.25) is 5.88 Å². The molecule has 0 spiro atoms. The number of nitrogens with two attached hydrogens (primary N) is 1. The number of ether oxygens (including phenoxy) is 1. The van der Waals surface area contributed by atoms with Crippen molar-refractivity contribution in [1.82, 2.24) is 9.97 Å². The van der Waals surface area contributed by atoms with Crippen LogP contribution < -0.4 is 15.4 Å². The second kappa shape index (κ2) is 5.10. The van der Waals surface area contributed by atoms with Gasteiger partial charge in [-0.2, -0.15) is 4.98 Å². The number of hydrogen-bond donors (Lipinski definition) is 1. The van der Waals surface area contributed by atoms with E-state index in [-0.39, 0.29) is 16.7 Å². The number of nitrogens with zero attached hydrogens (tertiary/aromatic N) is 3. The minimum atomic E-state index is 0.199. The molecule has 0 saturated heterocycles. The van der Waals surface area contributed by atoms with E-state index in [2.05, 4.69) is 9.97 Å². The minimum absolute atomic E-state index is 0.199. The summed E-state index contributed by atoms with van der Waals surface area (Å²) in [7, 11) is 3.91. The van der Waals surface area contributed by atoms with Crippen LogP contribution in [0.4, 0.5) is 11.5 Å². The van der Waals surface area contributed by atoms with E-state index in [0.29, 0.717) is 5.75 Å². The van der Waals surface area contributed by atoms with Crippen molar-refractivity contribution in [3.05, 3.63) is 35.6 Å². The SMILES string of the molecule is CN(C)c1cccc(Oc2ncnc(N)c2Cl)c1. The van der Waals surface area contributed by atoms with Crippen molar-refractivity contribution >= 4 is 23.1 Å². The maximum atomic E-state index is 5.96. The predicted octanol–water partition coefficient (Wildman–Crippen LogP) is 2.57. The first kappa shape index (κ1) is 12.4. The Labute approximate surface area is 110 Å². The van der Waals surface area contributed by atoms with Crippen LogP contribution in [0.3, 0.4) is 0 Å². The van der Waals surface area contributed by atoms with Gasteiger partial charge in [-0.05, 0) is 12.1 Å². The minimum Gasteiger partial charge on any atom is -0.437 e. The lowest BCUT2D eigenvalue weighted by Crippen LogP contribution is -2.08. The topological polar surface area (TPSA) is 64.3 Å². The van der Waals surface area contributed by atoms with Crippen molar-refractivity contribution in [3.8, 4) is 11.6 Å². The van der Waals surface area contributed by atoms with E-state index in [1.165, 1.54) is 6.33 Å². The molecule has 5 nitrogen and oxygen atoms in total. The van der Waals surface area contributed by atoms with Gasteiger partial charge in [0.05, 0.1) is 0 Å². The molecule has 94 valence electrons. The summed E-state index contributed by atoms with van der Waals surface area (Å²) in [6.45, 7) is 0. The van der Waals surface area contributed by atoms with Crippen LogP contribution in [0.25, 0.3) is 0 Å². The Morgan fingerprint density at radius 1 is 1.28 bits per heavy atom. The Morgan fingerprint density at radius 2 is 2.06 bits per heavy atom. The third-order valence-electron chi connectivity index (χ3n) is 2.33. The Hall–Kier alpha value is -2.01. The average molecular weight is 265 g/mol. The standard InChI is InChI=1S/C12H13ClN4O/c1-17(2)8-4-3-5-9(6-8)18-12-10(13)11(14)15-7-16-12/h3-7H,1-2H3,(H2,14,15,16). The van der Waals surface area contributed by atoms with Crippen molar-refractivity contribution in [2.45, 2.75) is 0 Å². The Morgan fingerprint density at radius 3 is 2.78 bits per heavy atom. The molecule has 2 rings (SSSR count). The van der Waals surface area contributed by atoms with Gasteiger partial charge in [-0.1, -0.05) is 17.7 Å². The molecule has 18 heavy (non-hydrogen) atoms. The third kappa shape index (κ3) is 2.62. The molecule has 0 bridgehead atoms. The summed E-state index contributed by atoms with van der Waals surface area (Å²) in [4.78, 5) is 9.70. The quantitative estimate of drug-likeness (QED) is 0.923. The smallest absolute Gasteiger partial charge is 0.243 e. The highest BCUT2D eigenvalue weighted by atomic mass is 35.5. The zero-order valence-corrected chi connectivity index (χ0v) is 10.8. The summed E-state index contributed by atoms with van der Waals surface area (Å²) < 4.78 is 5.59. The molecule has 0 fully saturated rings. The van der Waals surface area contributed by atoms with Crippen LogP contribution in [-0.4, -0.2) is 24.1 Å². The van der Waals surface area contributed by atoms with E-state index >= 15 is 0 Å². The van der Waals surface area contributed by atoms with Crippen LogP contribution in [0, 0.1) is 0 Å². The van der Waals surface area contributed by atoms with Crippen LogP contribution in [0.5, 0.6) is 11.6 Å². The highest BCUT2D eigenvalue weighted by Crippen LogP contribution is 2.31. The van der Waals surface area contributed by atoms with Crippen LogP contribution in [0.1, 0.15) is 0 Å². The van der Waals surface area contributed by atoms with E-state index in [0.717, 1.165) is 5.69 Å². The fourth-order valence-corrected chi connectivity index (χ4v) is 1.51. The molecular weight excluding hydrogens is 252 g/mol. The lowest BCUT2D eigenvalue weighted by molar-refractivity contribution is 0.462. The number of halogens is 1. The van der Waals surface area contributed by atoms with Gasteiger partial charge >= 0.3 is 0 Å². The maximum Gasteiger partial charge on any atom is 0.243 e. The molecule has 0 atom stereocenters. The van der Waals surface area contributed by atoms with E-state index in [1.54, 1.807) is 0 Å². The Balaban J connectivity index is 2.28. The Kier molecular flexibility index (Phi) is 3.53. The summed E-state index contributed by atoms with van der Waals surface area (Å²) in [5.41, 5.74) is 6.60. The van der Waals surface area contributed by atoms with Gasteiger partial charge in [-0.25, -0.2) is 4.98 Å². The van der Waals surface area contributed by atoms with Crippen molar-refractivity contribution in [1.29, 1.82) is 0 Å². The monoisotopic (exact) mass is 264 g/mol. The average Bonchev–Trinajstić information content (AvgIpc) is 2.35. The molecule has 1 aromatic heterocycles. The molecule has 1 aromatic carbocycles. The largest absolute Gasteiger partial charge is 0.437 e. The number of anilines is 2. The van der Waals surface area contributed by atoms with Crippen LogP contribution in [0.15, 0.2) is 30.6 Å². The van der Waals surface area contributed by atoms with Crippen molar-refractivity contribution in [3.63, 3.8) is 0 Å². The molecule has 6 heteroatoms. The highest BCUT2D eigenvalue weighted by molar-refractivity contribution is 6.34. The number of benzene rings is 1. The molecule has 0 saturated carbocycles. The second-order valence-corrected chi connectivity index (χ2v) is 4.25. The predicted molar refractivity (Wildman–Crippen MR) is 72.3 cm³/mol. The summed E-state index contributed by atoms with van der Waals surface area (Å²) >= 11 is 5.96.